The number of hydrogen-bond acceptors (Lipinski definition) is 3. The van der Waals surface area contributed by atoms with Crippen molar-refractivity contribution in [3.63, 3.8) is 0 Å². The van der Waals surface area contributed by atoms with Crippen molar-refractivity contribution in [2.45, 2.75) is 27.2 Å². The predicted octanol–water partition coefficient (Wildman–Crippen LogP) is 4.20. The van der Waals surface area contributed by atoms with Crippen LogP contribution in [-0.2, 0) is 6.42 Å². The minimum Gasteiger partial charge on any atom is -0.477 e. The summed E-state index contributed by atoms with van der Waals surface area (Å²) < 4.78 is 5.22. The lowest BCUT2D eigenvalue weighted by molar-refractivity contribution is 0.0695. The molecule has 0 spiro atoms. The van der Waals surface area contributed by atoms with Gasteiger partial charge in [-0.3, -0.25) is 0 Å². The second-order valence-electron chi connectivity index (χ2n) is 5.20. The average Bonchev–Trinajstić information content (AvgIpc) is 2.75. The summed E-state index contributed by atoms with van der Waals surface area (Å²) in [5.41, 5.74) is 2.03. The second-order valence-corrected chi connectivity index (χ2v) is 5.60. The van der Waals surface area contributed by atoms with Crippen LogP contribution in [0.15, 0.2) is 22.7 Å². The molecule has 4 nitrogen and oxygen atoms in total. The van der Waals surface area contributed by atoms with E-state index in [0.29, 0.717) is 28.5 Å². The van der Waals surface area contributed by atoms with Crippen molar-refractivity contribution >= 4 is 17.6 Å². The summed E-state index contributed by atoms with van der Waals surface area (Å²) >= 11 is 6.08. The van der Waals surface area contributed by atoms with Gasteiger partial charge in [0, 0.05) is 17.0 Å². The fourth-order valence-corrected chi connectivity index (χ4v) is 2.17. The molecule has 0 radical (unpaired) electrons. The van der Waals surface area contributed by atoms with Gasteiger partial charge in [0.05, 0.1) is 0 Å². The van der Waals surface area contributed by atoms with Gasteiger partial charge in [-0.1, -0.05) is 42.7 Å². The monoisotopic (exact) mass is 293 g/mol. The van der Waals surface area contributed by atoms with E-state index in [9.17, 15) is 9.90 Å². The van der Waals surface area contributed by atoms with Gasteiger partial charge in [0.25, 0.3) is 0 Å². The number of nitrogens with zero attached hydrogens (tertiary/aromatic N) is 1. The molecule has 0 aliphatic carbocycles. The average molecular weight is 294 g/mol. The molecule has 2 aromatic rings. The highest BCUT2D eigenvalue weighted by atomic mass is 35.5. The highest BCUT2D eigenvalue weighted by Gasteiger charge is 2.24. The summed E-state index contributed by atoms with van der Waals surface area (Å²) in [5, 5.41) is 13.9. The van der Waals surface area contributed by atoms with Gasteiger partial charge in [0.15, 0.2) is 5.76 Å². The van der Waals surface area contributed by atoms with Crippen molar-refractivity contribution in [3.8, 4) is 11.3 Å². The van der Waals surface area contributed by atoms with Gasteiger partial charge in [-0.05, 0) is 24.5 Å². The lowest BCUT2D eigenvalue weighted by Gasteiger charge is -2.03. The summed E-state index contributed by atoms with van der Waals surface area (Å²) in [5.74, 6) is -0.344. The summed E-state index contributed by atoms with van der Waals surface area (Å²) in [4.78, 5) is 11.5. The van der Waals surface area contributed by atoms with Crippen LogP contribution in [0, 0.1) is 12.8 Å². The molecule has 0 atom stereocenters. The summed E-state index contributed by atoms with van der Waals surface area (Å²) in [7, 11) is 0. The Kier molecular flexibility index (Phi) is 4.14. The van der Waals surface area contributed by atoms with Crippen LogP contribution in [0.25, 0.3) is 11.3 Å². The maximum atomic E-state index is 11.5. The minimum absolute atomic E-state index is 0.124. The molecular weight excluding hydrogens is 278 g/mol. The molecular formula is C15H16ClNO3. The number of benzene rings is 1. The lowest BCUT2D eigenvalue weighted by atomic mass is 10.0. The molecule has 5 heteroatoms. The van der Waals surface area contributed by atoms with E-state index in [1.165, 1.54) is 0 Å². The summed E-state index contributed by atoms with van der Waals surface area (Å²) in [6.45, 7) is 5.88. The number of aryl methyl sites for hydroxylation is 1. The van der Waals surface area contributed by atoms with Gasteiger partial charge in [0.2, 0.25) is 0 Å². The van der Waals surface area contributed by atoms with Crippen LogP contribution in [0.4, 0.5) is 0 Å². The third-order valence-corrected chi connectivity index (χ3v) is 3.42. The van der Waals surface area contributed by atoms with Crippen LogP contribution in [0.1, 0.15) is 35.5 Å². The van der Waals surface area contributed by atoms with E-state index < -0.39 is 5.97 Å². The Bertz CT molecular complexity index is 647. The third kappa shape index (κ3) is 2.85. The van der Waals surface area contributed by atoms with Crippen molar-refractivity contribution < 1.29 is 14.4 Å². The van der Waals surface area contributed by atoms with Crippen molar-refractivity contribution in [2.24, 2.45) is 5.92 Å². The first-order valence-electron chi connectivity index (χ1n) is 6.38. The van der Waals surface area contributed by atoms with E-state index in [0.717, 1.165) is 5.56 Å². The zero-order chi connectivity index (χ0) is 14.9. The summed E-state index contributed by atoms with van der Waals surface area (Å²) in [6.07, 6.45) is 0.536. The Morgan fingerprint density at radius 2 is 2.15 bits per heavy atom. The SMILES string of the molecule is Cc1ccc(-c2noc(CC(C)C)c2C(=O)O)cc1Cl. The molecule has 0 unspecified atom stereocenters. The van der Waals surface area contributed by atoms with Crippen LogP contribution in [-0.4, -0.2) is 16.2 Å². The largest absolute Gasteiger partial charge is 0.477 e. The molecule has 0 saturated heterocycles. The number of hydrogen-bond donors (Lipinski definition) is 1. The highest BCUT2D eigenvalue weighted by Crippen LogP contribution is 2.30. The Morgan fingerprint density at radius 3 is 2.70 bits per heavy atom. The first-order chi connectivity index (χ1) is 9.40. The molecule has 1 N–H and O–H groups in total. The molecule has 1 aromatic heterocycles. The van der Waals surface area contributed by atoms with E-state index in [1.807, 2.05) is 26.8 Å². The van der Waals surface area contributed by atoms with Gasteiger partial charge in [-0.2, -0.15) is 0 Å². The van der Waals surface area contributed by atoms with Crippen molar-refractivity contribution in [3.05, 3.63) is 40.1 Å². The number of aromatic nitrogens is 1. The fraction of sp³-hybridized carbons (Fsp3) is 0.333. The van der Waals surface area contributed by atoms with Crippen LogP contribution < -0.4 is 0 Å². The number of carboxylic acid groups (broad SMARTS) is 1. The Hall–Kier alpha value is -1.81. The van der Waals surface area contributed by atoms with E-state index in [2.05, 4.69) is 5.16 Å². The quantitative estimate of drug-likeness (QED) is 0.917. The maximum Gasteiger partial charge on any atom is 0.341 e. The van der Waals surface area contributed by atoms with Crippen LogP contribution >= 0.6 is 11.6 Å². The number of rotatable bonds is 4. The molecule has 0 aliphatic heterocycles. The van der Waals surface area contributed by atoms with Crippen LogP contribution in [0.2, 0.25) is 5.02 Å². The van der Waals surface area contributed by atoms with Gasteiger partial charge < -0.3 is 9.63 Å². The minimum atomic E-state index is -1.03. The van der Waals surface area contributed by atoms with Gasteiger partial charge in [-0.15, -0.1) is 0 Å². The molecule has 1 aromatic carbocycles. The zero-order valence-electron chi connectivity index (χ0n) is 11.6. The predicted molar refractivity (Wildman–Crippen MR) is 77.2 cm³/mol. The van der Waals surface area contributed by atoms with E-state index >= 15 is 0 Å². The number of aromatic carboxylic acids is 1. The maximum absolute atomic E-state index is 11.5. The Morgan fingerprint density at radius 1 is 1.45 bits per heavy atom. The Labute approximate surface area is 122 Å². The third-order valence-electron chi connectivity index (χ3n) is 3.02. The van der Waals surface area contributed by atoms with Crippen molar-refractivity contribution in [1.82, 2.24) is 5.16 Å². The first kappa shape index (κ1) is 14.6. The molecule has 0 fully saturated rings. The normalized spacial score (nSPS) is 11.1. The highest BCUT2D eigenvalue weighted by molar-refractivity contribution is 6.31. The molecule has 106 valence electrons. The first-order valence-corrected chi connectivity index (χ1v) is 6.76. The molecule has 2 rings (SSSR count). The molecule has 1 heterocycles. The molecule has 0 amide bonds. The molecule has 20 heavy (non-hydrogen) atoms. The van der Waals surface area contributed by atoms with Gasteiger partial charge >= 0.3 is 5.97 Å². The number of carboxylic acids is 1. The van der Waals surface area contributed by atoms with Crippen molar-refractivity contribution in [2.75, 3.05) is 0 Å². The molecule has 0 bridgehead atoms. The second kappa shape index (κ2) is 5.67. The zero-order valence-corrected chi connectivity index (χ0v) is 12.4. The van der Waals surface area contributed by atoms with Crippen LogP contribution in [0.5, 0.6) is 0 Å². The topological polar surface area (TPSA) is 63.3 Å². The Balaban J connectivity index is 2.53. The standard InChI is InChI=1S/C15H16ClNO3/c1-8(2)6-12-13(15(18)19)14(17-20-12)10-5-4-9(3)11(16)7-10/h4-5,7-8H,6H2,1-3H3,(H,18,19). The van der Waals surface area contributed by atoms with Crippen molar-refractivity contribution in [1.29, 1.82) is 0 Å². The van der Waals surface area contributed by atoms with E-state index in [4.69, 9.17) is 16.1 Å². The van der Waals surface area contributed by atoms with Gasteiger partial charge in [-0.25, -0.2) is 4.79 Å². The summed E-state index contributed by atoms with van der Waals surface area (Å²) in [6, 6.07) is 5.34. The molecule has 0 saturated carbocycles. The smallest absolute Gasteiger partial charge is 0.341 e. The fourth-order valence-electron chi connectivity index (χ4n) is 1.99. The van der Waals surface area contributed by atoms with Crippen LogP contribution in [0.3, 0.4) is 0 Å². The lowest BCUT2D eigenvalue weighted by Crippen LogP contribution is -2.04. The number of carbonyl (C=O) groups is 1. The van der Waals surface area contributed by atoms with E-state index in [-0.39, 0.29) is 11.5 Å². The number of halogens is 1. The van der Waals surface area contributed by atoms with Gasteiger partial charge in [0.1, 0.15) is 11.3 Å². The van der Waals surface area contributed by atoms with E-state index in [1.54, 1.807) is 12.1 Å². The molecule has 0 aliphatic rings.